The van der Waals surface area contributed by atoms with E-state index in [1.165, 1.54) is 135 Å². The first-order valence-corrected chi connectivity index (χ1v) is 13.4. The van der Waals surface area contributed by atoms with Gasteiger partial charge in [-0.05, 0) is 44.4 Å². The van der Waals surface area contributed by atoms with E-state index in [-0.39, 0.29) is 0 Å². The summed E-state index contributed by atoms with van der Waals surface area (Å²) in [5, 5.41) is 0. The molecule has 0 amide bonds. The molecular formula is C28H56. The zero-order valence-electron chi connectivity index (χ0n) is 20.5. The van der Waals surface area contributed by atoms with Crippen molar-refractivity contribution in [2.75, 3.05) is 0 Å². The van der Waals surface area contributed by atoms with Crippen molar-refractivity contribution in [3.05, 3.63) is 11.6 Å². The quantitative estimate of drug-likeness (QED) is 0.127. The predicted molar refractivity (Wildman–Crippen MR) is 131 cm³/mol. The van der Waals surface area contributed by atoms with Gasteiger partial charge in [0.25, 0.3) is 0 Å². The first kappa shape index (κ1) is 27.7. The van der Waals surface area contributed by atoms with Crippen LogP contribution in [0.1, 0.15) is 163 Å². The maximum Gasteiger partial charge on any atom is -0.0320 e. The summed E-state index contributed by atoms with van der Waals surface area (Å²) in [6.45, 7) is 9.33. The van der Waals surface area contributed by atoms with Crippen molar-refractivity contribution in [2.24, 2.45) is 5.92 Å². The molecule has 0 unspecified atom stereocenters. The van der Waals surface area contributed by atoms with Gasteiger partial charge in [-0.3, -0.25) is 0 Å². The third-order valence-corrected chi connectivity index (χ3v) is 6.12. The van der Waals surface area contributed by atoms with Crippen LogP contribution in [0.4, 0.5) is 0 Å². The number of hydrogen-bond donors (Lipinski definition) is 0. The molecule has 0 aromatic rings. The number of allylic oxidation sites excluding steroid dienone is 2. The van der Waals surface area contributed by atoms with Crippen molar-refractivity contribution < 1.29 is 0 Å². The topological polar surface area (TPSA) is 0 Å². The highest BCUT2D eigenvalue weighted by molar-refractivity contribution is 5.02. The molecule has 0 fully saturated rings. The van der Waals surface area contributed by atoms with E-state index in [4.69, 9.17) is 0 Å². The van der Waals surface area contributed by atoms with Crippen molar-refractivity contribution in [1.82, 2.24) is 0 Å². The Kier molecular flexibility index (Phi) is 22.8. The van der Waals surface area contributed by atoms with E-state index in [1.54, 1.807) is 5.57 Å². The molecule has 0 aromatic carbocycles. The average Bonchev–Trinajstić information content (AvgIpc) is 2.68. The highest BCUT2D eigenvalue weighted by Gasteiger charge is 2.01. The second-order valence-corrected chi connectivity index (χ2v) is 9.64. The SMILES string of the molecule is CCCCCCCCC/C=C(\CCCCCCCCCC)CCCCC(C)C. The Balaban J connectivity index is 3.92. The number of rotatable bonds is 22. The minimum absolute atomic E-state index is 0.868. The van der Waals surface area contributed by atoms with E-state index in [0.29, 0.717) is 0 Å². The molecule has 0 heteroatoms. The monoisotopic (exact) mass is 392 g/mol. The summed E-state index contributed by atoms with van der Waals surface area (Å²) in [6, 6.07) is 0. The molecular weight excluding hydrogens is 336 g/mol. The van der Waals surface area contributed by atoms with Crippen LogP contribution in [-0.4, -0.2) is 0 Å². The first-order valence-electron chi connectivity index (χ1n) is 13.4. The van der Waals surface area contributed by atoms with Crippen LogP contribution in [0.2, 0.25) is 0 Å². The Morgan fingerprint density at radius 1 is 0.536 bits per heavy atom. The van der Waals surface area contributed by atoms with Crippen LogP contribution in [0.5, 0.6) is 0 Å². The molecule has 28 heavy (non-hydrogen) atoms. The highest BCUT2D eigenvalue weighted by Crippen LogP contribution is 2.20. The Hall–Kier alpha value is -0.260. The Morgan fingerprint density at radius 2 is 0.964 bits per heavy atom. The van der Waals surface area contributed by atoms with Crippen LogP contribution in [-0.2, 0) is 0 Å². The standard InChI is InChI=1S/C28H56/c1-5-7-9-11-13-15-17-19-24-28(26-22-21-23-27(3)4)25-20-18-16-14-12-10-8-6-2/h24,27H,5-23,25-26H2,1-4H3/b28-24+. The third-order valence-electron chi connectivity index (χ3n) is 6.12. The summed E-state index contributed by atoms with van der Waals surface area (Å²) in [6.07, 6.45) is 32.5. The first-order chi connectivity index (χ1) is 13.7. The molecule has 0 aliphatic rings. The molecule has 0 spiro atoms. The summed E-state index contributed by atoms with van der Waals surface area (Å²) >= 11 is 0. The lowest BCUT2D eigenvalue weighted by molar-refractivity contribution is 0.530. The fourth-order valence-corrected chi connectivity index (χ4v) is 4.13. The Morgan fingerprint density at radius 3 is 1.46 bits per heavy atom. The molecule has 168 valence electrons. The molecule has 0 nitrogen and oxygen atoms in total. The van der Waals surface area contributed by atoms with Gasteiger partial charge in [-0.15, -0.1) is 0 Å². The summed E-state index contributed by atoms with van der Waals surface area (Å²) in [7, 11) is 0. The average molecular weight is 393 g/mol. The lowest BCUT2D eigenvalue weighted by Gasteiger charge is -2.10. The summed E-state index contributed by atoms with van der Waals surface area (Å²) in [4.78, 5) is 0. The van der Waals surface area contributed by atoms with E-state index in [1.807, 2.05) is 0 Å². The van der Waals surface area contributed by atoms with E-state index < -0.39 is 0 Å². The maximum absolute atomic E-state index is 2.64. The maximum atomic E-state index is 2.64. The molecule has 0 heterocycles. The van der Waals surface area contributed by atoms with Crippen LogP contribution in [0, 0.1) is 5.92 Å². The molecule has 0 radical (unpaired) electrons. The van der Waals surface area contributed by atoms with Crippen molar-refractivity contribution >= 4 is 0 Å². The summed E-state index contributed by atoms with van der Waals surface area (Å²) < 4.78 is 0. The van der Waals surface area contributed by atoms with Gasteiger partial charge in [0, 0.05) is 0 Å². The van der Waals surface area contributed by atoms with Crippen molar-refractivity contribution in [3.63, 3.8) is 0 Å². The fraction of sp³-hybridized carbons (Fsp3) is 0.929. The van der Waals surface area contributed by atoms with E-state index in [9.17, 15) is 0 Å². The number of unbranched alkanes of at least 4 members (excludes halogenated alkanes) is 15. The van der Waals surface area contributed by atoms with Gasteiger partial charge in [0.1, 0.15) is 0 Å². The molecule has 0 saturated heterocycles. The van der Waals surface area contributed by atoms with Gasteiger partial charge in [-0.25, -0.2) is 0 Å². The van der Waals surface area contributed by atoms with Crippen molar-refractivity contribution in [3.8, 4) is 0 Å². The zero-order chi connectivity index (χ0) is 20.7. The fourth-order valence-electron chi connectivity index (χ4n) is 4.13. The summed E-state index contributed by atoms with van der Waals surface area (Å²) in [5.41, 5.74) is 1.79. The van der Waals surface area contributed by atoms with Crippen molar-refractivity contribution in [2.45, 2.75) is 163 Å². The van der Waals surface area contributed by atoms with Crippen molar-refractivity contribution in [1.29, 1.82) is 0 Å². The van der Waals surface area contributed by atoms with Gasteiger partial charge in [0.05, 0.1) is 0 Å². The van der Waals surface area contributed by atoms with E-state index >= 15 is 0 Å². The van der Waals surface area contributed by atoms with E-state index in [2.05, 4.69) is 33.8 Å². The lowest BCUT2D eigenvalue weighted by atomic mass is 9.97. The second kappa shape index (κ2) is 23.0. The van der Waals surface area contributed by atoms with Crippen LogP contribution in [0.25, 0.3) is 0 Å². The minimum Gasteiger partial charge on any atom is -0.0853 e. The molecule has 0 rings (SSSR count). The Bertz CT molecular complexity index is 312. The van der Waals surface area contributed by atoms with Crippen LogP contribution in [0.3, 0.4) is 0 Å². The third kappa shape index (κ3) is 22.0. The molecule has 0 aliphatic carbocycles. The van der Waals surface area contributed by atoms with Gasteiger partial charge in [-0.1, -0.05) is 136 Å². The molecule has 0 N–H and O–H groups in total. The van der Waals surface area contributed by atoms with Gasteiger partial charge in [0.2, 0.25) is 0 Å². The van der Waals surface area contributed by atoms with Gasteiger partial charge >= 0.3 is 0 Å². The van der Waals surface area contributed by atoms with Gasteiger partial charge in [-0.2, -0.15) is 0 Å². The molecule has 0 aromatic heterocycles. The van der Waals surface area contributed by atoms with Gasteiger partial charge < -0.3 is 0 Å². The van der Waals surface area contributed by atoms with Gasteiger partial charge in [0.15, 0.2) is 0 Å². The minimum atomic E-state index is 0.868. The van der Waals surface area contributed by atoms with Crippen LogP contribution in [0.15, 0.2) is 11.6 Å². The largest absolute Gasteiger partial charge is 0.0853 e. The smallest absolute Gasteiger partial charge is 0.0320 e. The van der Waals surface area contributed by atoms with Crippen LogP contribution < -0.4 is 0 Å². The second-order valence-electron chi connectivity index (χ2n) is 9.64. The highest BCUT2D eigenvalue weighted by atomic mass is 14.1. The predicted octanol–water partition coefficient (Wildman–Crippen LogP) is 10.8. The molecule has 0 bridgehead atoms. The Labute approximate surface area is 180 Å². The zero-order valence-corrected chi connectivity index (χ0v) is 20.5. The molecule has 0 aliphatic heterocycles. The van der Waals surface area contributed by atoms with Crippen LogP contribution >= 0.6 is 0 Å². The normalized spacial score (nSPS) is 12.2. The summed E-state index contributed by atoms with van der Waals surface area (Å²) in [5.74, 6) is 0.868. The molecule has 0 atom stereocenters. The molecule has 0 saturated carbocycles. The lowest BCUT2D eigenvalue weighted by Crippen LogP contribution is -1.91. The van der Waals surface area contributed by atoms with E-state index in [0.717, 1.165) is 5.92 Å². The number of hydrogen-bond acceptors (Lipinski definition) is 0.